The van der Waals surface area contributed by atoms with E-state index in [-0.39, 0.29) is 23.6 Å². The van der Waals surface area contributed by atoms with Gasteiger partial charge in [0.05, 0.1) is 14.2 Å². The molecule has 7 heteroatoms. The average Bonchev–Trinajstić information content (AvgIpc) is 3.58. The van der Waals surface area contributed by atoms with Crippen molar-refractivity contribution in [3.8, 4) is 17.2 Å². The quantitative estimate of drug-likeness (QED) is 0.783. The second-order valence-electron chi connectivity index (χ2n) is 6.49. The van der Waals surface area contributed by atoms with Gasteiger partial charge in [0.2, 0.25) is 11.7 Å². The highest BCUT2D eigenvalue weighted by Gasteiger charge is 2.35. The number of nitrogen functional groups attached to an aromatic ring is 2. The largest absolute Gasteiger partial charge is 0.493 e. The highest BCUT2D eigenvalue weighted by Crippen LogP contribution is 2.48. The van der Waals surface area contributed by atoms with E-state index in [0.717, 1.165) is 24.0 Å². The van der Waals surface area contributed by atoms with Gasteiger partial charge in [0.15, 0.2) is 17.1 Å². The molecule has 26 heavy (non-hydrogen) atoms. The Kier molecular flexibility index (Phi) is 3.05. The summed E-state index contributed by atoms with van der Waals surface area (Å²) in [4.78, 5) is 7.98. The molecule has 1 aliphatic heterocycles. The molecule has 1 aliphatic carbocycles. The highest BCUT2D eigenvalue weighted by molar-refractivity contribution is 5.72. The predicted molar refractivity (Wildman–Crippen MR) is 99.4 cm³/mol. The number of aromatic nitrogens is 2. The molecule has 1 unspecified atom stereocenters. The smallest absolute Gasteiger partial charge is 0.221 e. The predicted octanol–water partition coefficient (Wildman–Crippen LogP) is 2.43. The van der Waals surface area contributed by atoms with Crippen LogP contribution in [-0.4, -0.2) is 30.3 Å². The van der Waals surface area contributed by atoms with E-state index in [2.05, 4.69) is 16.0 Å². The number of hydrogen-bond acceptors (Lipinski definition) is 7. The van der Waals surface area contributed by atoms with Crippen LogP contribution in [0.3, 0.4) is 0 Å². The molecule has 136 valence electrons. The molecule has 7 nitrogen and oxygen atoms in total. The van der Waals surface area contributed by atoms with Crippen LogP contribution >= 0.6 is 0 Å². The third-order valence-electron chi connectivity index (χ3n) is 4.75. The zero-order valence-electron chi connectivity index (χ0n) is 18.6. The molecule has 0 radical (unpaired) electrons. The lowest BCUT2D eigenvalue weighted by Crippen LogP contribution is -2.20. The zero-order valence-corrected chi connectivity index (χ0v) is 14.6. The summed E-state index contributed by atoms with van der Waals surface area (Å²) in [5, 5.41) is 0. The summed E-state index contributed by atoms with van der Waals surface area (Å²) in [6, 6.07) is 1.83. The fraction of sp³-hybridized carbons (Fsp3) is 0.368. The van der Waals surface area contributed by atoms with E-state index in [4.69, 9.17) is 19.9 Å². The fourth-order valence-corrected chi connectivity index (χ4v) is 3.24. The van der Waals surface area contributed by atoms with E-state index < -0.39 is 0 Å². The Labute approximate surface area is 157 Å². The van der Waals surface area contributed by atoms with Crippen molar-refractivity contribution in [1.82, 2.24) is 9.97 Å². The van der Waals surface area contributed by atoms with E-state index in [1.807, 2.05) is 12.1 Å². The number of rotatable bonds is 7. The molecule has 1 aromatic heterocycles. The number of methoxy groups -OCH3 is 2. The number of fused-ring (bicyclic) bond motifs is 1. The van der Waals surface area contributed by atoms with Gasteiger partial charge < -0.3 is 25.7 Å². The molecule has 0 saturated heterocycles. The van der Waals surface area contributed by atoms with Crippen molar-refractivity contribution in [2.45, 2.75) is 25.4 Å². The van der Waals surface area contributed by atoms with Crippen molar-refractivity contribution < 1.29 is 19.9 Å². The maximum Gasteiger partial charge on any atom is 0.221 e. The minimum Gasteiger partial charge on any atom is -0.493 e. The Morgan fingerprint density at radius 2 is 2.15 bits per heavy atom. The number of nitrogens with two attached hydrogens (primary N) is 2. The van der Waals surface area contributed by atoms with Crippen LogP contribution in [0, 0.1) is 5.92 Å². The van der Waals surface area contributed by atoms with Gasteiger partial charge >= 0.3 is 0 Å². The maximum absolute atomic E-state index is 7.66. The third-order valence-corrected chi connectivity index (χ3v) is 4.75. The Hall–Kier alpha value is -2.96. The molecular weight excluding hydrogens is 332 g/mol. The van der Waals surface area contributed by atoms with Gasteiger partial charge in [0.1, 0.15) is 11.9 Å². The molecule has 1 saturated carbocycles. The Balaban J connectivity index is 1.78. The lowest BCUT2D eigenvalue weighted by atomic mass is 9.96. The summed E-state index contributed by atoms with van der Waals surface area (Å²) in [6.45, 7) is 0. The van der Waals surface area contributed by atoms with Gasteiger partial charge in [0, 0.05) is 23.7 Å². The maximum atomic E-state index is 7.66. The van der Waals surface area contributed by atoms with Crippen LogP contribution in [0.1, 0.15) is 29.5 Å². The molecule has 1 aromatic carbocycles. The summed E-state index contributed by atoms with van der Waals surface area (Å²) in [5.41, 5.74) is 2.76. The first kappa shape index (κ1) is 12.4. The second-order valence-corrected chi connectivity index (χ2v) is 6.49. The lowest BCUT2D eigenvalue weighted by molar-refractivity contribution is 0.209. The summed E-state index contributed by atoms with van der Waals surface area (Å²) < 4.78 is 47.3. The number of nitrogens with zero attached hydrogens (tertiary/aromatic N) is 2. The van der Waals surface area contributed by atoms with Crippen LogP contribution in [0.25, 0.3) is 6.08 Å². The monoisotopic (exact) mass is 358 g/mol. The number of anilines is 2. The van der Waals surface area contributed by atoms with Crippen LogP contribution in [0.15, 0.2) is 18.3 Å². The van der Waals surface area contributed by atoms with Gasteiger partial charge in [0.25, 0.3) is 0 Å². The number of ether oxygens (including phenoxy) is 3. The van der Waals surface area contributed by atoms with Gasteiger partial charge in [-0.1, -0.05) is 6.08 Å². The van der Waals surface area contributed by atoms with E-state index in [9.17, 15) is 0 Å². The van der Waals surface area contributed by atoms with E-state index >= 15 is 0 Å². The van der Waals surface area contributed by atoms with Gasteiger partial charge in [-0.2, -0.15) is 4.98 Å². The van der Waals surface area contributed by atoms with E-state index in [1.165, 1.54) is 6.20 Å². The Morgan fingerprint density at radius 1 is 1.27 bits per heavy atom. The van der Waals surface area contributed by atoms with Gasteiger partial charge in [-0.15, -0.1) is 0 Å². The molecule has 1 atom stereocenters. The van der Waals surface area contributed by atoms with E-state index in [1.54, 1.807) is 14.2 Å². The van der Waals surface area contributed by atoms with Crippen LogP contribution in [-0.2, 0) is 6.42 Å². The molecule has 1 fully saturated rings. The minimum atomic E-state index is -0.219. The van der Waals surface area contributed by atoms with Crippen molar-refractivity contribution in [3.05, 3.63) is 35.0 Å². The van der Waals surface area contributed by atoms with Crippen LogP contribution in [0.5, 0.6) is 17.2 Å². The standard InChI is InChI=1S/C19H22N4O3/c1-24-15-8-11(7-12-9-22-19(21)23-18(12)20)13-5-6-14(10-3-4-10)26-16(13)17(15)25-2/h5-6,8-10,14H,3-4,7H2,1-2H3,(H4,20,21,22,23)/i/hD4. The second kappa shape index (κ2) is 6.40. The first-order chi connectivity index (χ1) is 14.4. The minimum absolute atomic E-state index is 0.00148. The van der Waals surface area contributed by atoms with Crippen LogP contribution in [0.2, 0.25) is 5.65 Å². The Bertz CT molecular complexity index is 983. The molecule has 2 aliphatic rings. The summed E-state index contributed by atoms with van der Waals surface area (Å²) in [7, 11) is 3.13. The highest BCUT2D eigenvalue weighted by atomic mass is 16.5. The first-order valence-electron chi connectivity index (χ1n) is 10.3. The summed E-state index contributed by atoms with van der Waals surface area (Å²) in [6.07, 6.45) is 8.07. The molecule has 0 bridgehead atoms. The first-order valence-corrected chi connectivity index (χ1v) is 8.47. The van der Waals surface area contributed by atoms with Crippen LogP contribution in [0.4, 0.5) is 11.8 Å². The van der Waals surface area contributed by atoms with Crippen LogP contribution < -0.4 is 25.7 Å². The van der Waals surface area contributed by atoms with Crippen molar-refractivity contribution >= 4 is 17.8 Å². The van der Waals surface area contributed by atoms with Crippen molar-refractivity contribution in [1.29, 1.82) is 0 Å². The van der Waals surface area contributed by atoms with Crippen molar-refractivity contribution in [2.24, 2.45) is 5.92 Å². The molecule has 0 amide bonds. The third kappa shape index (κ3) is 2.89. The molecule has 2 aromatic rings. The average molecular weight is 358 g/mol. The zero-order chi connectivity index (χ0) is 21.4. The summed E-state index contributed by atoms with van der Waals surface area (Å²) >= 11 is 0. The molecule has 4 N–H and O–H groups in total. The molecular formula is C19H22N4O3. The van der Waals surface area contributed by atoms with Gasteiger partial charge in [-0.3, -0.25) is 0 Å². The van der Waals surface area contributed by atoms with E-state index in [0.29, 0.717) is 40.9 Å². The fourth-order valence-electron chi connectivity index (χ4n) is 3.24. The van der Waals surface area contributed by atoms with Gasteiger partial charge in [-0.05, 0) is 36.5 Å². The SMILES string of the molecule is [2H]N([2H])c1ncc(Cc2cc(OC)c(OC)c3c2C=CC(C2CC2)O3)c(N([2H])[2H])n1. The molecule has 4 rings (SSSR count). The molecule has 0 spiro atoms. The van der Waals surface area contributed by atoms with Crippen molar-refractivity contribution in [2.75, 3.05) is 25.7 Å². The molecule has 2 heterocycles. The Morgan fingerprint density at radius 3 is 2.85 bits per heavy atom. The lowest BCUT2D eigenvalue weighted by Gasteiger charge is -2.26. The summed E-state index contributed by atoms with van der Waals surface area (Å²) in [5.74, 6) is 1.95. The topological polar surface area (TPSA) is 106 Å². The number of benzene rings is 1. The normalized spacial score (nSPS) is 20.0. The number of hydrogen-bond donors (Lipinski definition) is 2. The van der Waals surface area contributed by atoms with Gasteiger partial charge in [-0.25, -0.2) is 4.98 Å². The van der Waals surface area contributed by atoms with Crippen molar-refractivity contribution in [3.63, 3.8) is 0 Å².